The van der Waals surface area contributed by atoms with E-state index in [4.69, 9.17) is 0 Å². The van der Waals surface area contributed by atoms with E-state index in [0.717, 1.165) is 37.2 Å². The van der Waals surface area contributed by atoms with Crippen LogP contribution in [-0.2, 0) is 11.3 Å². The largest absolute Gasteiger partial charge is 0.465 e. The number of esters is 1. The fraction of sp³-hybridized carbons (Fsp3) is 0.423. The SMILES string of the molecule is COC(=O)c1ccc(Cn2cc(-c3cccc(C4CCN(CC(C)(C)O)CC4)c3)nn2)c(F)c1. The van der Waals surface area contributed by atoms with Crippen LogP contribution in [0.3, 0.4) is 0 Å². The standard InChI is InChI=1S/C26H31FN4O3/c1-26(2,33)17-30-11-9-18(10-12-30)19-5-4-6-20(13-19)24-16-31(29-28-24)15-22-8-7-21(14-23(22)27)25(32)34-3/h4-8,13-14,16,18,33H,9-12,15,17H2,1-3H3. The lowest BCUT2D eigenvalue weighted by Crippen LogP contribution is -2.42. The Labute approximate surface area is 199 Å². The number of nitrogens with zero attached hydrogens (tertiary/aromatic N) is 4. The third-order valence-corrected chi connectivity index (χ3v) is 6.20. The Morgan fingerprint density at radius 3 is 2.65 bits per heavy atom. The van der Waals surface area contributed by atoms with Crippen molar-refractivity contribution in [2.24, 2.45) is 0 Å². The maximum Gasteiger partial charge on any atom is 0.337 e. The highest BCUT2D eigenvalue weighted by Gasteiger charge is 2.25. The van der Waals surface area contributed by atoms with Crippen molar-refractivity contribution in [1.82, 2.24) is 19.9 Å². The van der Waals surface area contributed by atoms with Gasteiger partial charge in [-0.1, -0.05) is 29.5 Å². The minimum absolute atomic E-state index is 0.172. The normalized spacial score (nSPS) is 15.4. The Bertz CT molecular complexity index is 1150. The number of carbonyl (C=O) groups excluding carboxylic acids is 1. The molecule has 0 unspecified atom stereocenters. The second-order valence-corrected chi connectivity index (χ2v) is 9.59. The molecule has 2 heterocycles. The van der Waals surface area contributed by atoms with E-state index in [1.807, 2.05) is 26.0 Å². The van der Waals surface area contributed by atoms with Gasteiger partial charge in [-0.25, -0.2) is 13.9 Å². The fourth-order valence-electron chi connectivity index (χ4n) is 4.53. The molecule has 0 amide bonds. The number of benzene rings is 2. The van der Waals surface area contributed by atoms with Crippen LogP contribution in [0.2, 0.25) is 0 Å². The average molecular weight is 467 g/mol. The summed E-state index contributed by atoms with van der Waals surface area (Å²) in [5.41, 5.74) is 2.89. The first-order valence-corrected chi connectivity index (χ1v) is 11.5. The Morgan fingerprint density at radius 1 is 1.21 bits per heavy atom. The number of aromatic nitrogens is 3. The molecule has 8 heteroatoms. The van der Waals surface area contributed by atoms with Gasteiger partial charge in [-0.3, -0.25) is 0 Å². The van der Waals surface area contributed by atoms with E-state index >= 15 is 0 Å². The minimum Gasteiger partial charge on any atom is -0.465 e. The summed E-state index contributed by atoms with van der Waals surface area (Å²) in [5.74, 6) is -0.593. The van der Waals surface area contributed by atoms with E-state index in [-0.39, 0.29) is 12.1 Å². The lowest BCUT2D eigenvalue weighted by Gasteiger charge is -2.35. The van der Waals surface area contributed by atoms with E-state index in [0.29, 0.717) is 18.0 Å². The maximum atomic E-state index is 14.5. The molecule has 1 fully saturated rings. The molecule has 0 bridgehead atoms. The van der Waals surface area contributed by atoms with Gasteiger partial charge in [-0.15, -0.1) is 5.10 Å². The summed E-state index contributed by atoms with van der Waals surface area (Å²) in [7, 11) is 1.26. The number of methoxy groups -OCH3 is 1. The highest BCUT2D eigenvalue weighted by atomic mass is 19.1. The molecular weight excluding hydrogens is 435 g/mol. The van der Waals surface area contributed by atoms with Crippen molar-refractivity contribution in [3.05, 3.63) is 71.2 Å². The van der Waals surface area contributed by atoms with Crippen LogP contribution < -0.4 is 0 Å². The first kappa shape index (κ1) is 24.0. The molecule has 1 aromatic heterocycles. The van der Waals surface area contributed by atoms with Crippen molar-refractivity contribution in [3.63, 3.8) is 0 Å². The van der Waals surface area contributed by atoms with Gasteiger partial charge >= 0.3 is 5.97 Å². The molecule has 3 aromatic rings. The molecule has 0 saturated carbocycles. The summed E-state index contributed by atoms with van der Waals surface area (Å²) in [6.07, 6.45) is 3.90. The number of ether oxygens (including phenoxy) is 1. The molecule has 1 saturated heterocycles. The molecule has 34 heavy (non-hydrogen) atoms. The van der Waals surface area contributed by atoms with Gasteiger partial charge in [0, 0.05) is 17.7 Å². The Hall–Kier alpha value is -3.10. The molecule has 1 aliphatic heterocycles. The van der Waals surface area contributed by atoms with Crippen LogP contribution in [0.4, 0.5) is 4.39 Å². The number of piperidine rings is 1. The summed E-state index contributed by atoms with van der Waals surface area (Å²) < 4.78 is 20.7. The van der Waals surface area contributed by atoms with Crippen molar-refractivity contribution in [1.29, 1.82) is 0 Å². The number of rotatable bonds is 7. The van der Waals surface area contributed by atoms with Gasteiger partial charge in [0.2, 0.25) is 0 Å². The Morgan fingerprint density at radius 2 is 1.97 bits per heavy atom. The number of likely N-dealkylation sites (tertiary alicyclic amines) is 1. The van der Waals surface area contributed by atoms with Crippen molar-refractivity contribution in [2.75, 3.05) is 26.7 Å². The molecule has 1 N–H and O–H groups in total. The lowest BCUT2D eigenvalue weighted by atomic mass is 9.88. The minimum atomic E-state index is -0.676. The Balaban J connectivity index is 1.43. The molecule has 1 aliphatic rings. The Kier molecular flexibility index (Phi) is 7.09. The third kappa shape index (κ3) is 5.87. The van der Waals surface area contributed by atoms with Crippen molar-refractivity contribution >= 4 is 5.97 Å². The summed E-state index contributed by atoms with van der Waals surface area (Å²) in [4.78, 5) is 13.9. The van der Waals surface area contributed by atoms with Crippen LogP contribution in [0.15, 0.2) is 48.7 Å². The van der Waals surface area contributed by atoms with Gasteiger partial charge < -0.3 is 14.7 Å². The maximum absolute atomic E-state index is 14.5. The number of hydrogen-bond donors (Lipinski definition) is 1. The van der Waals surface area contributed by atoms with Crippen molar-refractivity contribution in [2.45, 2.75) is 44.8 Å². The molecule has 7 nitrogen and oxygen atoms in total. The summed E-state index contributed by atoms with van der Waals surface area (Å²) >= 11 is 0. The van der Waals surface area contributed by atoms with E-state index < -0.39 is 17.4 Å². The van der Waals surface area contributed by atoms with Gasteiger partial charge in [-0.2, -0.15) is 0 Å². The second-order valence-electron chi connectivity index (χ2n) is 9.59. The van der Waals surface area contributed by atoms with Crippen LogP contribution in [0, 0.1) is 5.82 Å². The highest BCUT2D eigenvalue weighted by Crippen LogP contribution is 2.31. The van der Waals surface area contributed by atoms with Gasteiger partial charge in [-0.05, 0) is 69.5 Å². The topological polar surface area (TPSA) is 80.5 Å². The molecule has 4 rings (SSSR count). The van der Waals surface area contributed by atoms with E-state index in [2.05, 4.69) is 32.1 Å². The number of carbonyl (C=O) groups is 1. The van der Waals surface area contributed by atoms with Gasteiger partial charge in [0.25, 0.3) is 0 Å². The third-order valence-electron chi connectivity index (χ3n) is 6.20. The first-order chi connectivity index (χ1) is 16.2. The van der Waals surface area contributed by atoms with E-state index in [1.54, 1.807) is 23.0 Å². The monoisotopic (exact) mass is 466 g/mol. The predicted molar refractivity (Wildman–Crippen MR) is 127 cm³/mol. The molecule has 0 atom stereocenters. The molecule has 0 spiro atoms. The smallest absolute Gasteiger partial charge is 0.337 e. The fourth-order valence-corrected chi connectivity index (χ4v) is 4.53. The molecule has 180 valence electrons. The van der Waals surface area contributed by atoms with Gasteiger partial charge in [0.1, 0.15) is 11.5 Å². The predicted octanol–water partition coefficient (Wildman–Crippen LogP) is 3.87. The highest BCUT2D eigenvalue weighted by molar-refractivity contribution is 5.89. The lowest BCUT2D eigenvalue weighted by molar-refractivity contribution is 0.0281. The van der Waals surface area contributed by atoms with E-state index in [9.17, 15) is 14.3 Å². The van der Waals surface area contributed by atoms with Crippen LogP contribution in [-0.4, -0.2) is 63.3 Å². The quantitative estimate of drug-likeness (QED) is 0.533. The van der Waals surface area contributed by atoms with Crippen LogP contribution in [0.25, 0.3) is 11.3 Å². The zero-order valence-corrected chi connectivity index (χ0v) is 19.9. The molecule has 0 radical (unpaired) electrons. The number of hydrogen-bond acceptors (Lipinski definition) is 6. The summed E-state index contributed by atoms with van der Waals surface area (Å²) in [6, 6.07) is 12.6. The second kappa shape index (κ2) is 10.0. The summed E-state index contributed by atoms with van der Waals surface area (Å²) in [6.45, 7) is 6.53. The number of halogens is 1. The summed E-state index contributed by atoms with van der Waals surface area (Å²) in [5, 5.41) is 18.5. The van der Waals surface area contributed by atoms with Crippen molar-refractivity contribution in [3.8, 4) is 11.3 Å². The molecular formula is C26H31FN4O3. The van der Waals surface area contributed by atoms with Gasteiger partial charge in [0.15, 0.2) is 0 Å². The first-order valence-electron chi connectivity index (χ1n) is 11.5. The van der Waals surface area contributed by atoms with Crippen molar-refractivity contribution < 1.29 is 19.0 Å². The van der Waals surface area contributed by atoms with Gasteiger partial charge in [0.05, 0.1) is 31.0 Å². The number of β-amino-alcohol motifs (C(OH)–C–C–N with tert-alkyl or cyclic N) is 1. The average Bonchev–Trinajstić information content (AvgIpc) is 3.28. The zero-order valence-electron chi connectivity index (χ0n) is 19.9. The molecule has 2 aromatic carbocycles. The van der Waals surface area contributed by atoms with Crippen LogP contribution in [0.5, 0.6) is 0 Å². The van der Waals surface area contributed by atoms with Crippen LogP contribution >= 0.6 is 0 Å². The van der Waals surface area contributed by atoms with Crippen LogP contribution in [0.1, 0.15) is 54.1 Å². The van der Waals surface area contributed by atoms with E-state index in [1.165, 1.54) is 18.7 Å². The number of aliphatic hydroxyl groups is 1. The molecule has 0 aliphatic carbocycles. The zero-order chi connectivity index (χ0) is 24.3.